The second-order valence-electron chi connectivity index (χ2n) is 7.13. The minimum Gasteiger partial charge on any atom is -0.497 e. The number of halogens is 2. The van der Waals surface area contributed by atoms with Crippen LogP contribution in [0.2, 0.25) is 5.02 Å². The number of carbonyl (C=O) groups is 2. The lowest BCUT2D eigenvalue weighted by atomic mass is 10.1. The Morgan fingerprint density at radius 1 is 1.06 bits per heavy atom. The van der Waals surface area contributed by atoms with Crippen molar-refractivity contribution < 1.29 is 32.9 Å². The summed E-state index contributed by atoms with van der Waals surface area (Å²) in [4.78, 5) is 25.5. The molecule has 0 unspecified atom stereocenters. The van der Waals surface area contributed by atoms with Gasteiger partial charge in [-0.25, -0.2) is 9.18 Å². The number of hydrogen-bond donors (Lipinski definition) is 0. The predicted molar refractivity (Wildman–Crippen MR) is 120 cm³/mol. The van der Waals surface area contributed by atoms with Gasteiger partial charge in [-0.1, -0.05) is 17.7 Å². The number of hydrogen-bond acceptors (Lipinski definition) is 6. The highest BCUT2D eigenvalue weighted by Gasteiger charge is 2.31. The minimum absolute atomic E-state index is 0.0478. The first-order valence-corrected chi connectivity index (χ1v) is 10.2. The van der Waals surface area contributed by atoms with Crippen LogP contribution < -0.4 is 18.9 Å². The van der Waals surface area contributed by atoms with E-state index in [9.17, 15) is 14.0 Å². The molecular weight excluding hydrogens is 451 g/mol. The molecule has 8 heteroatoms. The molecule has 0 amide bonds. The van der Waals surface area contributed by atoms with Gasteiger partial charge in [0.1, 0.15) is 28.8 Å². The summed E-state index contributed by atoms with van der Waals surface area (Å²) >= 11 is 6.06. The van der Waals surface area contributed by atoms with Gasteiger partial charge in [-0.3, -0.25) is 4.79 Å². The van der Waals surface area contributed by atoms with E-state index in [4.69, 9.17) is 30.5 Å². The van der Waals surface area contributed by atoms with E-state index in [1.54, 1.807) is 13.0 Å². The van der Waals surface area contributed by atoms with E-state index in [0.717, 1.165) is 0 Å². The molecule has 3 aromatic carbocycles. The van der Waals surface area contributed by atoms with Gasteiger partial charge in [0, 0.05) is 17.2 Å². The maximum Gasteiger partial charge on any atom is 0.343 e. The number of fused-ring (bicyclic) bond motifs is 1. The standard InChI is InChI=1S/C25H18ClFO6/c1-13-21(33-25(29)14-9-15(30-2)11-16(10-14)31-3)8-7-17-23(28)22(32-24(13)17)12-18-19(26)5-4-6-20(18)27/h4-12H,1-3H3/b22-12-. The Morgan fingerprint density at radius 3 is 2.39 bits per heavy atom. The third-order valence-corrected chi connectivity index (χ3v) is 5.43. The molecule has 0 aromatic heterocycles. The van der Waals surface area contributed by atoms with Crippen molar-refractivity contribution in [1.29, 1.82) is 0 Å². The number of Topliss-reactive ketones (excluding diaryl/α,β-unsaturated/α-hetero) is 1. The summed E-state index contributed by atoms with van der Waals surface area (Å²) in [5, 5.41) is 0.148. The van der Waals surface area contributed by atoms with Gasteiger partial charge >= 0.3 is 5.97 Å². The highest BCUT2D eigenvalue weighted by molar-refractivity contribution is 6.32. The maximum absolute atomic E-state index is 14.1. The number of ketones is 1. The molecule has 1 aliphatic heterocycles. The lowest BCUT2D eigenvalue weighted by molar-refractivity contribution is 0.0732. The molecule has 0 radical (unpaired) electrons. The molecule has 3 aromatic rings. The summed E-state index contributed by atoms with van der Waals surface area (Å²) in [6.07, 6.45) is 1.26. The van der Waals surface area contributed by atoms with Crippen LogP contribution in [0.1, 0.15) is 31.8 Å². The zero-order valence-corrected chi connectivity index (χ0v) is 18.7. The monoisotopic (exact) mass is 468 g/mol. The number of rotatable bonds is 5. The van der Waals surface area contributed by atoms with Gasteiger partial charge in [0.05, 0.1) is 30.4 Å². The molecule has 0 spiro atoms. The molecule has 1 heterocycles. The molecule has 0 atom stereocenters. The molecule has 0 aliphatic carbocycles. The minimum atomic E-state index is -0.645. The average Bonchev–Trinajstić information content (AvgIpc) is 3.13. The second kappa shape index (κ2) is 8.96. The fraction of sp³-hybridized carbons (Fsp3) is 0.120. The smallest absolute Gasteiger partial charge is 0.343 e. The Morgan fingerprint density at radius 2 is 1.76 bits per heavy atom. The Balaban J connectivity index is 1.64. The zero-order valence-electron chi connectivity index (χ0n) is 17.9. The van der Waals surface area contributed by atoms with Crippen molar-refractivity contribution in [2.24, 2.45) is 0 Å². The molecule has 0 bridgehead atoms. The van der Waals surface area contributed by atoms with Gasteiger partial charge in [-0.05, 0) is 49.4 Å². The molecule has 1 aliphatic rings. The fourth-order valence-corrected chi connectivity index (χ4v) is 3.56. The van der Waals surface area contributed by atoms with Gasteiger partial charge < -0.3 is 18.9 Å². The number of allylic oxidation sites excluding steroid dienone is 1. The summed E-state index contributed by atoms with van der Waals surface area (Å²) in [5.74, 6) is -0.435. The summed E-state index contributed by atoms with van der Waals surface area (Å²) in [5.41, 5.74) is 0.977. The largest absolute Gasteiger partial charge is 0.497 e. The first-order valence-electron chi connectivity index (χ1n) is 9.79. The third kappa shape index (κ3) is 4.27. The van der Waals surface area contributed by atoms with Gasteiger partial charge in [-0.2, -0.15) is 0 Å². The molecule has 168 valence electrons. The van der Waals surface area contributed by atoms with E-state index < -0.39 is 17.6 Å². The van der Waals surface area contributed by atoms with Crippen molar-refractivity contribution in [3.63, 3.8) is 0 Å². The second-order valence-corrected chi connectivity index (χ2v) is 7.54. The molecular formula is C25H18ClFO6. The Bertz CT molecular complexity index is 1270. The number of carbonyl (C=O) groups excluding carboxylic acids is 2. The van der Waals surface area contributed by atoms with Crippen molar-refractivity contribution in [1.82, 2.24) is 0 Å². The Hall–Kier alpha value is -3.84. The molecule has 4 rings (SSSR count). The number of ether oxygens (including phenoxy) is 4. The Labute approximate surface area is 194 Å². The normalized spacial score (nSPS) is 13.5. The summed E-state index contributed by atoms with van der Waals surface area (Å²) in [6.45, 7) is 1.65. The fourth-order valence-electron chi connectivity index (χ4n) is 3.34. The van der Waals surface area contributed by atoms with E-state index in [1.165, 1.54) is 62.8 Å². The Kier molecular flexibility index (Phi) is 6.07. The van der Waals surface area contributed by atoms with Crippen LogP contribution in [-0.2, 0) is 0 Å². The molecule has 0 N–H and O–H groups in total. The van der Waals surface area contributed by atoms with Crippen molar-refractivity contribution in [3.05, 3.63) is 87.4 Å². The molecule has 6 nitrogen and oxygen atoms in total. The first kappa shape index (κ1) is 22.4. The van der Waals surface area contributed by atoms with E-state index in [1.807, 2.05) is 0 Å². The van der Waals surface area contributed by atoms with Crippen LogP contribution in [0.15, 0.2) is 54.3 Å². The van der Waals surface area contributed by atoms with Crippen LogP contribution in [0, 0.1) is 12.7 Å². The summed E-state index contributed by atoms with van der Waals surface area (Å²) in [6, 6.07) is 11.9. The average molecular weight is 469 g/mol. The van der Waals surface area contributed by atoms with Gasteiger partial charge in [0.2, 0.25) is 5.78 Å². The van der Waals surface area contributed by atoms with E-state index in [-0.39, 0.29) is 39.0 Å². The molecule has 0 saturated heterocycles. The van der Waals surface area contributed by atoms with Crippen LogP contribution in [0.3, 0.4) is 0 Å². The lowest BCUT2D eigenvalue weighted by Crippen LogP contribution is -2.10. The number of esters is 1. The van der Waals surface area contributed by atoms with Crippen LogP contribution >= 0.6 is 11.6 Å². The highest BCUT2D eigenvalue weighted by Crippen LogP contribution is 2.40. The third-order valence-electron chi connectivity index (χ3n) is 5.10. The van der Waals surface area contributed by atoms with Crippen molar-refractivity contribution >= 4 is 29.4 Å². The quantitative estimate of drug-likeness (QED) is 0.274. The van der Waals surface area contributed by atoms with Gasteiger partial charge in [0.25, 0.3) is 0 Å². The molecule has 33 heavy (non-hydrogen) atoms. The first-order chi connectivity index (χ1) is 15.8. The van der Waals surface area contributed by atoms with Gasteiger partial charge in [-0.15, -0.1) is 0 Å². The molecule has 0 fully saturated rings. The van der Waals surface area contributed by atoms with Crippen LogP contribution in [0.4, 0.5) is 4.39 Å². The lowest BCUT2D eigenvalue weighted by Gasteiger charge is -2.11. The summed E-state index contributed by atoms with van der Waals surface area (Å²) in [7, 11) is 2.95. The van der Waals surface area contributed by atoms with Crippen molar-refractivity contribution in [3.8, 4) is 23.0 Å². The van der Waals surface area contributed by atoms with Crippen LogP contribution in [0.5, 0.6) is 23.0 Å². The van der Waals surface area contributed by atoms with Crippen molar-refractivity contribution in [2.75, 3.05) is 14.2 Å². The van der Waals surface area contributed by atoms with E-state index >= 15 is 0 Å². The highest BCUT2D eigenvalue weighted by atomic mass is 35.5. The molecule has 0 saturated carbocycles. The maximum atomic E-state index is 14.1. The number of methoxy groups -OCH3 is 2. The summed E-state index contributed by atoms with van der Waals surface area (Å²) < 4.78 is 35.8. The van der Waals surface area contributed by atoms with Crippen molar-refractivity contribution in [2.45, 2.75) is 6.92 Å². The van der Waals surface area contributed by atoms with Gasteiger partial charge in [0.15, 0.2) is 5.76 Å². The predicted octanol–water partition coefficient (Wildman–Crippen LogP) is 5.64. The topological polar surface area (TPSA) is 71.1 Å². The zero-order chi connectivity index (χ0) is 23.7. The SMILES string of the molecule is COc1cc(OC)cc(C(=O)Oc2ccc3c(c2C)O/C(=C\c2c(F)cccc2Cl)C3=O)c1. The number of benzene rings is 3. The van der Waals surface area contributed by atoms with E-state index in [2.05, 4.69) is 0 Å². The van der Waals surface area contributed by atoms with E-state index in [0.29, 0.717) is 17.1 Å². The van der Waals surface area contributed by atoms with Crippen LogP contribution in [-0.4, -0.2) is 26.0 Å². The van der Waals surface area contributed by atoms with Crippen LogP contribution in [0.25, 0.3) is 6.08 Å².